The topological polar surface area (TPSA) is 110 Å². The highest BCUT2D eigenvalue weighted by Gasteiger charge is 2.31. The SMILES string of the molecule is O=[N+]([O-])c1c(C2CCNCC2)cccc1S(=O)(=O)O. The fourth-order valence-corrected chi connectivity index (χ4v) is 3.09. The molecule has 2 N–H and O–H groups in total. The minimum atomic E-state index is -4.60. The number of nitrogens with zero attached hydrogens (tertiary/aromatic N) is 1. The van der Waals surface area contributed by atoms with Gasteiger partial charge in [0.25, 0.3) is 5.69 Å². The molecule has 0 aromatic heterocycles. The zero-order chi connectivity index (χ0) is 14.0. The van der Waals surface area contributed by atoms with Crippen molar-refractivity contribution in [2.75, 3.05) is 13.1 Å². The Kier molecular flexibility index (Phi) is 3.83. The van der Waals surface area contributed by atoms with Crippen LogP contribution in [-0.2, 0) is 10.1 Å². The van der Waals surface area contributed by atoms with Gasteiger partial charge in [-0.05, 0) is 37.9 Å². The normalized spacial score (nSPS) is 17.3. The summed E-state index contributed by atoms with van der Waals surface area (Å²) in [4.78, 5) is 9.78. The molecule has 0 unspecified atom stereocenters. The Hall–Kier alpha value is -1.51. The Labute approximate surface area is 110 Å². The molecule has 0 saturated carbocycles. The van der Waals surface area contributed by atoms with Crippen LogP contribution in [0.3, 0.4) is 0 Å². The van der Waals surface area contributed by atoms with Crippen LogP contribution >= 0.6 is 0 Å². The Morgan fingerprint density at radius 2 is 1.95 bits per heavy atom. The number of nitrogens with one attached hydrogen (secondary N) is 1. The summed E-state index contributed by atoms with van der Waals surface area (Å²) >= 11 is 0. The Morgan fingerprint density at radius 3 is 2.47 bits per heavy atom. The zero-order valence-corrected chi connectivity index (χ0v) is 10.9. The van der Waals surface area contributed by atoms with Crippen molar-refractivity contribution in [2.45, 2.75) is 23.7 Å². The minimum Gasteiger partial charge on any atom is -0.317 e. The molecule has 2 rings (SSSR count). The largest absolute Gasteiger partial charge is 0.317 e. The predicted octanol–water partition coefficient (Wildman–Crippen LogP) is 1.31. The second kappa shape index (κ2) is 5.24. The predicted molar refractivity (Wildman–Crippen MR) is 67.8 cm³/mol. The summed E-state index contributed by atoms with van der Waals surface area (Å²) in [7, 11) is -4.60. The highest BCUT2D eigenvalue weighted by Crippen LogP contribution is 2.36. The molecule has 19 heavy (non-hydrogen) atoms. The molecule has 0 radical (unpaired) electrons. The number of rotatable bonds is 3. The van der Waals surface area contributed by atoms with Gasteiger partial charge >= 0.3 is 10.1 Å². The van der Waals surface area contributed by atoms with Gasteiger partial charge in [-0.15, -0.1) is 0 Å². The van der Waals surface area contributed by atoms with Crippen molar-refractivity contribution >= 4 is 15.8 Å². The molecule has 104 valence electrons. The van der Waals surface area contributed by atoms with Crippen LogP contribution in [0.15, 0.2) is 23.1 Å². The smallest absolute Gasteiger partial charge is 0.301 e. The number of nitro groups is 1. The van der Waals surface area contributed by atoms with Gasteiger partial charge in [0, 0.05) is 5.56 Å². The summed E-state index contributed by atoms with van der Waals surface area (Å²) < 4.78 is 31.6. The van der Waals surface area contributed by atoms with Gasteiger partial charge in [0.1, 0.15) is 0 Å². The maximum atomic E-state index is 11.2. The third-order valence-corrected chi connectivity index (χ3v) is 4.15. The molecule has 0 aliphatic carbocycles. The van der Waals surface area contributed by atoms with Crippen LogP contribution in [0, 0.1) is 10.1 Å². The molecule has 1 aromatic carbocycles. The summed E-state index contributed by atoms with van der Waals surface area (Å²) in [5, 5.41) is 14.3. The average molecular weight is 286 g/mol. The van der Waals surface area contributed by atoms with Crippen LogP contribution in [0.2, 0.25) is 0 Å². The fraction of sp³-hybridized carbons (Fsp3) is 0.455. The number of nitro benzene ring substituents is 1. The third kappa shape index (κ3) is 2.91. The summed E-state index contributed by atoms with van der Waals surface area (Å²) in [6.45, 7) is 1.47. The highest BCUT2D eigenvalue weighted by atomic mass is 32.2. The average Bonchev–Trinajstić information content (AvgIpc) is 2.37. The molecule has 1 aromatic rings. The van der Waals surface area contributed by atoms with Crippen molar-refractivity contribution in [3.05, 3.63) is 33.9 Å². The Balaban J connectivity index is 2.57. The van der Waals surface area contributed by atoms with Crippen LogP contribution in [0.4, 0.5) is 5.69 Å². The van der Waals surface area contributed by atoms with Gasteiger partial charge in [0.15, 0.2) is 4.90 Å². The van der Waals surface area contributed by atoms with Crippen molar-refractivity contribution < 1.29 is 17.9 Å². The first-order chi connectivity index (χ1) is 8.91. The van der Waals surface area contributed by atoms with E-state index >= 15 is 0 Å². The molecule has 1 fully saturated rings. The van der Waals surface area contributed by atoms with Crippen molar-refractivity contribution in [3.63, 3.8) is 0 Å². The van der Waals surface area contributed by atoms with Crippen LogP contribution in [-0.4, -0.2) is 31.0 Å². The first-order valence-corrected chi connectivity index (χ1v) is 7.31. The van der Waals surface area contributed by atoms with Gasteiger partial charge in [-0.3, -0.25) is 14.7 Å². The van der Waals surface area contributed by atoms with Gasteiger partial charge in [-0.25, -0.2) is 0 Å². The molecule has 0 bridgehead atoms. The minimum absolute atomic E-state index is 0.0663. The lowest BCUT2D eigenvalue weighted by molar-refractivity contribution is -0.388. The van der Waals surface area contributed by atoms with Crippen molar-refractivity contribution in [1.82, 2.24) is 5.32 Å². The standard InChI is InChI=1S/C11H14N2O5S/c14-13(15)11-9(8-4-6-12-7-5-8)2-1-3-10(11)19(16,17)18/h1-3,8,12H,4-7H2,(H,16,17,18). The molecule has 0 spiro atoms. The summed E-state index contributed by atoms with van der Waals surface area (Å²) in [6, 6.07) is 4.04. The van der Waals surface area contributed by atoms with E-state index in [1.807, 2.05) is 0 Å². The van der Waals surface area contributed by atoms with E-state index in [4.69, 9.17) is 4.55 Å². The van der Waals surface area contributed by atoms with Crippen molar-refractivity contribution in [3.8, 4) is 0 Å². The molecule has 0 atom stereocenters. The number of benzene rings is 1. The molecular weight excluding hydrogens is 272 g/mol. The lowest BCUT2D eigenvalue weighted by Gasteiger charge is -2.23. The molecule has 1 aliphatic heterocycles. The van der Waals surface area contributed by atoms with Gasteiger partial charge in [0.05, 0.1) is 4.92 Å². The third-order valence-electron chi connectivity index (χ3n) is 3.27. The fourth-order valence-electron chi connectivity index (χ4n) is 2.41. The van der Waals surface area contributed by atoms with E-state index < -0.39 is 25.6 Å². The van der Waals surface area contributed by atoms with E-state index in [2.05, 4.69) is 5.32 Å². The monoisotopic (exact) mass is 286 g/mol. The first kappa shape index (κ1) is 13.9. The number of hydrogen-bond donors (Lipinski definition) is 2. The van der Waals surface area contributed by atoms with E-state index in [0.29, 0.717) is 18.4 Å². The Bertz CT molecular complexity index is 593. The summed E-state index contributed by atoms with van der Waals surface area (Å²) in [5.74, 6) is -0.0663. The van der Waals surface area contributed by atoms with Crippen molar-refractivity contribution in [1.29, 1.82) is 0 Å². The lowest BCUT2D eigenvalue weighted by atomic mass is 9.89. The number of hydrogen-bond acceptors (Lipinski definition) is 5. The molecule has 1 heterocycles. The van der Waals surface area contributed by atoms with Crippen LogP contribution in [0.25, 0.3) is 0 Å². The van der Waals surface area contributed by atoms with E-state index in [9.17, 15) is 18.5 Å². The highest BCUT2D eigenvalue weighted by molar-refractivity contribution is 7.86. The van der Waals surface area contributed by atoms with E-state index in [0.717, 1.165) is 19.2 Å². The molecular formula is C11H14N2O5S. The number of para-hydroxylation sites is 1. The van der Waals surface area contributed by atoms with Crippen LogP contribution in [0.1, 0.15) is 24.3 Å². The van der Waals surface area contributed by atoms with Gasteiger partial charge < -0.3 is 5.32 Å². The van der Waals surface area contributed by atoms with Crippen LogP contribution < -0.4 is 5.32 Å². The zero-order valence-electron chi connectivity index (χ0n) is 10.1. The van der Waals surface area contributed by atoms with Gasteiger partial charge in [-0.2, -0.15) is 8.42 Å². The van der Waals surface area contributed by atoms with Crippen LogP contribution in [0.5, 0.6) is 0 Å². The quantitative estimate of drug-likeness (QED) is 0.492. The van der Waals surface area contributed by atoms with E-state index in [1.54, 1.807) is 6.07 Å². The summed E-state index contributed by atoms with van der Waals surface area (Å²) in [5.41, 5.74) is -0.126. The van der Waals surface area contributed by atoms with E-state index in [-0.39, 0.29) is 5.92 Å². The molecule has 1 saturated heterocycles. The first-order valence-electron chi connectivity index (χ1n) is 5.87. The molecule has 0 amide bonds. The maximum absolute atomic E-state index is 11.2. The van der Waals surface area contributed by atoms with E-state index in [1.165, 1.54) is 6.07 Å². The summed E-state index contributed by atoms with van der Waals surface area (Å²) in [6.07, 6.45) is 1.41. The van der Waals surface area contributed by atoms with Gasteiger partial charge in [0.2, 0.25) is 0 Å². The Morgan fingerprint density at radius 1 is 1.32 bits per heavy atom. The maximum Gasteiger partial charge on any atom is 0.301 e. The number of piperidine rings is 1. The second-order valence-electron chi connectivity index (χ2n) is 4.45. The van der Waals surface area contributed by atoms with Gasteiger partial charge in [-0.1, -0.05) is 12.1 Å². The lowest BCUT2D eigenvalue weighted by Crippen LogP contribution is -2.27. The van der Waals surface area contributed by atoms with Crippen molar-refractivity contribution in [2.24, 2.45) is 0 Å². The molecule has 7 nitrogen and oxygen atoms in total. The molecule has 8 heteroatoms. The molecule has 1 aliphatic rings. The second-order valence-corrected chi connectivity index (χ2v) is 5.84.